The number of carbonyl (C=O) groups excluding carboxylic acids is 1. The molecule has 0 saturated heterocycles. The molecule has 0 aliphatic carbocycles. The van der Waals surface area contributed by atoms with E-state index < -0.39 is 18.5 Å². The van der Waals surface area contributed by atoms with E-state index in [1.54, 1.807) is 6.07 Å². The van der Waals surface area contributed by atoms with E-state index in [0.29, 0.717) is 5.76 Å². The minimum Gasteiger partial charge on any atom is -0.479 e. The molecule has 0 bridgehead atoms. The Morgan fingerprint density at radius 3 is 2.80 bits per heavy atom. The summed E-state index contributed by atoms with van der Waals surface area (Å²) >= 11 is 0. The summed E-state index contributed by atoms with van der Waals surface area (Å²) in [5.41, 5.74) is 7.18. The van der Waals surface area contributed by atoms with Gasteiger partial charge in [-0.05, 0) is 12.1 Å². The summed E-state index contributed by atoms with van der Waals surface area (Å²) in [6.45, 7) is -0.431. The van der Waals surface area contributed by atoms with Gasteiger partial charge in [0, 0.05) is 0 Å². The predicted molar refractivity (Wildman–Crippen MR) is 47.7 cm³/mol. The van der Waals surface area contributed by atoms with E-state index >= 15 is 0 Å². The molecule has 0 atom stereocenters. The number of aliphatic carboxylic acids is 1. The minimum atomic E-state index is -1.18. The van der Waals surface area contributed by atoms with Gasteiger partial charge >= 0.3 is 11.9 Å². The summed E-state index contributed by atoms with van der Waals surface area (Å²) in [4.78, 5) is 25.6. The lowest BCUT2D eigenvalue weighted by Crippen LogP contribution is -2.26. The maximum absolute atomic E-state index is 11.2. The standard InChI is InChI=1S/C8H10N2O5/c9-3-5-1-2-6(15-5)8(13)10-14-4-7(11)12/h1-2H,3-4,9H2,(H,10,13)(H,11,12). The number of amides is 1. The Balaban J connectivity index is 2.43. The van der Waals surface area contributed by atoms with E-state index in [-0.39, 0.29) is 12.3 Å². The highest BCUT2D eigenvalue weighted by Gasteiger charge is 2.10. The normalized spacial score (nSPS) is 9.93. The average molecular weight is 214 g/mol. The number of carbonyl (C=O) groups is 2. The summed E-state index contributed by atoms with van der Waals surface area (Å²) in [5.74, 6) is -1.37. The molecule has 7 nitrogen and oxygen atoms in total. The lowest BCUT2D eigenvalue weighted by atomic mass is 10.4. The fraction of sp³-hybridized carbons (Fsp3) is 0.250. The van der Waals surface area contributed by atoms with Crippen LogP contribution in [0, 0.1) is 0 Å². The SMILES string of the molecule is NCc1ccc(C(=O)NOCC(=O)O)o1. The fourth-order valence-corrected chi connectivity index (χ4v) is 0.823. The largest absolute Gasteiger partial charge is 0.479 e. The number of hydroxylamine groups is 1. The highest BCUT2D eigenvalue weighted by molar-refractivity contribution is 5.90. The van der Waals surface area contributed by atoms with Crippen LogP contribution in [0.3, 0.4) is 0 Å². The average Bonchev–Trinajstić information content (AvgIpc) is 2.65. The van der Waals surface area contributed by atoms with Crippen LogP contribution in [0.15, 0.2) is 16.5 Å². The molecule has 1 aromatic heterocycles. The monoisotopic (exact) mass is 214 g/mol. The van der Waals surface area contributed by atoms with Crippen molar-refractivity contribution in [1.29, 1.82) is 0 Å². The van der Waals surface area contributed by atoms with Crippen molar-refractivity contribution in [2.75, 3.05) is 6.61 Å². The van der Waals surface area contributed by atoms with Crippen molar-refractivity contribution in [2.24, 2.45) is 5.73 Å². The van der Waals surface area contributed by atoms with Gasteiger partial charge in [0.05, 0.1) is 6.54 Å². The first kappa shape index (κ1) is 11.2. The Kier molecular flexibility index (Phi) is 3.83. The Labute approximate surface area is 84.8 Å². The molecule has 1 rings (SSSR count). The summed E-state index contributed by atoms with van der Waals surface area (Å²) in [7, 11) is 0. The van der Waals surface area contributed by atoms with E-state index in [4.69, 9.17) is 15.3 Å². The topological polar surface area (TPSA) is 115 Å². The molecule has 0 saturated carbocycles. The van der Waals surface area contributed by atoms with E-state index in [2.05, 4.69) is 4.84 Å². The molecule has 15 heavy (non-hydrogen) atoms. The number of hydrogen-bond donors (Lipinski definition) is 3. The van der Waals surface area contributed by atoms with Crippen LogP contribution < -0.4 is 11.2 Å². The first-order valence-corrected chi connectivity index (χ1v) is 4.06. The zero-order chi connectivity index (χ0) is 11.3. The summed E-state index contributed by atoms with van der Waals surface area (Å²) < 4.78 is 4.99. The molecule has 1 heterocycles. The van der Waals surface area contributed by atoms with Crippen molar-refractivity contribution in [3.63, 3.8) is 0 Å². The summed E-state index contributed by atoms with van der Waals surface area (Å²) in [5, 5.41) is 8.22. The lowest BCUT2D eigenvalue weighted by molar-refractivity contribution is -0.144. The van der Waals surface area contributed by atoms with Crippen LogP contribution in [0.2, 0.25) is 0 Å². The number of nitrogens with one attached hydrogen (secondary N) is 1. The Bertz CT molecular complexity index is 360. The Morgan fingerprint density at radius 2 is 2.27 bits per heavy atom. The van der Waals surface area contributed by atoms with Gasteiger partial charge in [-0.2, -0.15) is 0 Å². The Morgan fingerprint density at radius 1 is 1.53 bits per heavy atom. The number of carboxylic acids is 1. The molecule has 7 heteroatoms. The van der Waals surface area contributed by atoms with Gasteiger partial charge in [0.25, 0.3) is 0 Å². The summed E-state index contributed by atoms with van der Waals surface area (Å²) in [6, 6.07) is 2.97. The van der Waals surface area contributed by atoms with E-state index in [1.165, 1.54) is 6.07 Å². The number of nitrogens with two attached hydrogens (primary N) is 1. The Hall–Kier alpha value is -1.86. The molecular weight excluding hydrogens is 204 g/mol. The van der Waals surface area contributed by atoms with E-state index in [0.717, 1.165) is 0 Å². The first-order valence-electron chi connectivity index (χ1n) is 4.06. The third-order valence-electron chi connectivity index (χ3n) is 1.45. The number of hydrogen-bond acceptors (Lipinski definition) is 5. The third-order valence-corrected chi connectivity index (χ3v) is 1.45. The maximum Gasteiger partial charge on any atom is 0.332 e. The highest BCUT2D eigenvalue weighted by Crippen LogP contribution is 2.06. The third kappa shape index (κ3) is 3.41. The van der Waals surface area contributed by atoms with Crippen molar-refractivity contribution in [3.05, 3.63) is 23.7 Å². The van der Waals surface area contributed by atoms with Crippen LogP contribution in [0.1, 0.15) is 16.3 Å². The molecule has 0 aromatic carbocycles. The second-order valence-corrected chi connectivity index (χ2v) is 2.58. The van der Waals surface area contributed by atoms with Gasteiger partial charge in [0.2, 0.25) is 0 Å². The number of furan rings is 1. The van der Waals surface area contributed by atoms with Crippen molar-refractivity contribution in [3.8, 4) is 0 Å². The van der Waals surface area contributed by atoms with Gasteiger partial charge in [0.1, 0.15) is 5.76 Å². The van der Waals surface area contributed by atoms with Crippen LogP contribution in [0.25, 0.3) is 0 Å². The zero-order valence-electron chi connectivity index (χ0n) is 7.73. The van der Waals surface area contributed by atoms with Gasteiger partial charge in [-0.3, -0.25) is 9.63 Å². The van der Waals surface area contributed by atoms with Gasteiger partial charge in [-0.15, -0.1) is 0 Å². The number of rotatable bonds is 5. The molecular formula is C8H10N2O5. The second-order valence-electron chi connectivity index (χ2n) is 2.58. The predicted octanol–water partition coefficient (Wildman–Crippen LogP) is -0.516. The molecule has 0 radical (unpaired) electrons. The second kappa shape index (κ2) is 5.13. The lowest BCUT2D eigenvalue weighted by Gasteiger charge is -2.00. The molecule has 0 aliphatic rings. The van der Waals surface area contributed by atoms with Crippen molar-refractivity contribution in [1.82, 2.24) is 5.48 Å². The van der Waals surface area contributed by atoms with Crippen LogP contribution in [-0.2, 0) is 16.2 Å². The van der Waals surface area contributed by atoms with Gasteiger partial charge < -0.3 is 15.3 Å². The van der Waals surface area contributed by atoms with Crippen LogP contribution in [0.5, 0.6) is 0 Å². The van der Waals surface area contributed by atoms with Crippen molar-refractivity contribution in [2.45, 2.75) is 6.54 Å². The molecule has 1 aromatic rings. The van der Waals surface area contributed by atoms with E-state index in [1.807, 2.05) is 5.48 Å². The van der Waals surface area contributed by atoms with Gasteiger partial charge in [-0.25, -0.2) is 10.3 Å². The first-order chi connectivity index (χ1) is 7.13. The number of carboxylic acid groups (broad SMARTS) is 1. The van der Waals surface area contributed by atoms with E-state index in [9.17, 15) is 9.59 Å². The molecule has 0 aliphatic heterocycles. The van der Waals surface area contributed by atoms with Crippen LogP contribution >= 0.6 is 0 Å². The van der Waals surface area contributed by atoms with Crippen molar-refractivity contribution >= 4 is 11.9 Å². The smallest absolute Gasteiger partial charge is 0.332 e. The summed E-state index contributed by atoms with van der Waals surface area (Å²) in [6.07, 6.45) is 0. The van der Waals surface area contributed by atoms with Gasteiger partial charge in [0.15, 0.2) is 12.4 Å². The minimum absolute atomic E-state index is 0.0147. The van der Waals surface area contributed by atoms with Crippen LogP contribution in [-0.4, -0.2) is 23.6 Å². The van der Waals surface area contributed by atoms with Crippen molar-refractivity contribution < 1.29 is 24.0 Å². The molecule has 1 amide bonds. The highest BCUT2D eigenvalue weighted by atomic mass is 16.7. The molecule has 82 valence electrons. The quantitative estimate of drug-likeness (QED) is 0.568. The van der Waals surface area contributed by atoms with Gasteiger partial charge in [-0.1, -0.05) is 0 Å². The maximum atomic E-state index is 11.2. The fourth-order valence-electron chi connectivity index (χ4n) is 0.823. The zero-order valence-corrected chi connectivity index (χ0v) is 7.73. The molecule has 0 fully saturated rings. The van der Waals surface area contributed by atoms with Crippen LogP contribution in [0.4, 0.5) is 0 Å². The molecule has 0 unspecified atom stereocenters. The molecule has 4 N–H and O–H groups in total. The molecule has 0 spiro atoms.